The Balaban J connectivity index is 0.000000720. The number of nitrogens with one attached hydrogen (secondary N) is 2. The maximum absolute atomic E-state index is 3.47. The zero-order chi connectivity index (χ0) is 7.52. The van der Waals surface area contributed by atoms with Crippen molar-refractivity contribution in [3.8, 4) is 0 Å². The summed E-state index contributed by atoms with van der Waals surface area (Å²) < 4.78 is 0. The molecule has 1 unspecified atom stereocenters. The summed E-state index contributed by atoms with van der Waals surface area (Å²) in [7, 11) is 0. The summed E-state index contributed by atoms with van der Waals surface area (Å²) in [5.74, 6) is 0. The predicted octanol–water partition coefficient (Wildman–Crippen LogP) is 1.83. The van der Waals surface area contributed by atoms with E-state index in [1.54, 1.807) is 0 Å². The Morgan fingerprint density at radius 1 is 1.31 bits per heavy atom. The lowest BCUT2D eigenvalue weighted by molar-refractivity contribution is 0.435. The van der Waals surface area contributed by atoms with Crippen LogP contribution in [0.15, 0.2) is 17.5 Å². The van der Waals surface area contributed by atoms with Crippen molar-refractivity contribution in [2.75, 3.05) is 19.6 Å². The first-order valence-electron chi connectivity index (χ1n) is 3.94. The summed E-state index contributed by atoms with van der Waals surface area (Å²) in [4.78, 5) is 1.44. The zero-order valence-corrected chi connectivity index (χ0v) is 9.60. The summed E-state index contributed by atoms with van der Waals surface area (Å²) in [5, 5.41) is 8.97. The molecule has 2 rings (SSSR count). The average Bonchev–Trinajstić information content (AvgIpc) is 2.58. The molecule has 1 fully saturated rings. The Hall–Kier alpha value is 0.200. The Morgan fingerprint density at radius 2 is 2.15 bits per heavy atom. The molecule has 1 aliphatic heterocycles. The van der Waals surface area contributed by atoms with Crippen molar-refractivity contribution in [2.45, 2.75) is 6.04 Å². The summed E-state index contributed by atoms with van der Waals surface area (Å²) in [6.45, 7) is 3.25. The van der Waals surface area contributed by atoms with Crippen molar-refractivity contribution in [1.82, 2.24) is 10.6 Å². The fourth-order valence-corrected chi connectivity index (χ4v) is 2.15. The topological polar surface area (TPSA) is 24.1 Å². The molecule has 5 heteroatoms. The molecule has 1 saturated heterocycles. The molecule has 1 aromatic heterocycles. The van der Waals surface area contributed by atoms with Crippen LogP contribution in [0.1, 0.15) is 10.9 Å². The van der Waals surface area contributed by atoms with Gasteiger partial charge in [0.2, 0.25) is 0 Å². The van der Waals surface area contributed by atoms with Crippen LogP contribution < -0.4 is 10.6 Å². The van der Waals surface area contributed by atoms with Crippen molar-refractivity contribution in [3.05, 3.63) is 22.4 Å². The number of hydrogen-bond acceptors (Lipinski definition) is 3. The van der Waals surface area contributed by atoms with Crippen LogP contribution >= 0.6 is 36.2 Å². The van der Waals surface area contributed by atoms with Gasteiger partial charge < -0.3 is 10.6 Å². The number of thiophene rings is 1. The van der Waals surface area contributed by atoms with Gasteiger partial charge in [-0.15, -0.1) is 36.2 Å². The highest BCUT2D eigenvalue weighted by atomic mass is 35.5. The molecule has 1 aliphatic rings. The van der Waals surface area contributed by atoms with E-state index in [0.29, 0.717) is 6.04 Å². The Bertz CT molecular complexity index is 210. The molecule has 0 saturated carbocycles. The van der Waals surface area contributed by atoms with Gasteiger partial charge in [-0.25, -0.2) is 0 Å². The van der Waals surface area contributed by atoms with Gasteiger partial charge in [0.05, 0.1) is 6.04 Å². The highest BCUT2D eigenvalue weighted by Gasteiger charge is 2.13. The molecular formula is C8H14Cl2N2S. The van der Waals surface area contributed by atoms with Crippen LogP contribution in [0.2, 0.25) is 0 Å². The molecule has 2 N–H and O–H groups in total. The number of rotatable bonds is 1. The van der Waals surface area contributed by atoms with Gasteiger partial charge in [-0.05, 0) is 11.4 Å². The second-order valence-electron chi connectivity index (χ2n) is 2.73. The van der Waals surface area contributed by atoms with Crippen LogP contribution in [0.4, 0.5) is 0 Å². The van der Waals surface area contributed by atoms with E-state index in [9.17, 15) is 0 Å². The van der Waals surface area contributed by atoms with Crippen LogP contribution in [0.5, 0.6) is 0 Å². The molecule has 1 aromatic rings. The van der Waals surface area contributed by atoms with E-state index in [0.717, 1.165) is 19.6 Å². The molecule has 0 radical (unpaired) electrons. The lowest BCUT2D eigenvalue weighted by Gasteiger charge is -2.23. The van der Waals surface area contributed by atoms with Crippen molar-refractivity contribution < 1.29 is 0 Å². The molecule has 0 aromatic carbocycles. The minimum atomic E-state index is 0. The molecule has 2 nitrogen and oxygen atoms in total. The van der Waals surface area contributed by atoms with Crippen LogP contribution in [-0.2, 0) is 0 Å². The summed E-state index contributed by atoms with van der Waals surface area (Å²) in [6, 6.07) is 4.84. The average molecular weight is 241 g/mol. The predicted molar refractivity (Wildman–Crippen MR) is 62.4 cm³/mol. The van der Waals surface area contributed by atoms with Gasteiger partial charge in [-0.3, -0.25) is 0 Å². The maximum Gasteiger partial charge on any atom is 0.0541 e. The standard InChI is InChI=1S/C8H12N2S.2ClH/c1-2-8(11-5-1)7-6-9-3-4-10-7;;/h1-2,5,7,9-10H,3-4,6H2;2*1H. The van der Waals surface area contributed by atoms with Crippen molar-refractivity contribution >= 4 is 36.2 Å². The van der Waals surface area contributed by atoms with Gasteiger partial charge in [-0.1, -0.05) is 6.07 Å². The van der Waals surface area contributed by atoms with Gasteiger partial charge >= 0.3 is 0 Å². The lowest BCUT2D eigenvalue weighted by atomic mass is 10.2. The van der Waals surface area contributed by atoms with Gasteiger partial charge in [0.1, 0.15) is 0 Å². The molecule has 13 heavy (non-hydrogen) atoms. The largest absolute Gasteiger partial charge is 0.314 e. The third kappa shape index (κ3) is 3.44. The Labute approximate surface area is 94.9 Å². The molecule has 0 amide bonds. The maximum atomic E-state index is 3.47. The van der Waals surface area contributed by atoms with Crippen molar-refractivity contribution in [3.63, 3.8) is 0 Å². The van der Waals surface area contributed by atoms with E-state index in [1.165, 1.54) is 4.88 Å². The van der Waals surface area contributed by atoms with Crippen LogP contribution in [0.3, 0.4) is 0 Å². The molecule has 1 atom stereocenters. The number of hydrogen-bond donors (Lipinski definition) is 2. The van der Waals surface area contributed by atoms with Gasteiger partial charge in [0, 0.05) is 24.5 Å². The fraction of sp³-hybridized carbons (Fsp3) is 0.500. The summed E-state index contributed by atoms with van der Waals surface area (Å²) in [5.41, 5.74) is 0. The van der Waals surface area contributed by atoms with Crippen molar-refractivity contribution in [1.29, 1.82) is 0 Å². The monoisotopic (exact) mass is 240 g/mol. The van der Waals surface area contributed by atoms with E-state index in [4.69, 9.17) is 0 Å². The van der Waals surface area contributed by atoms with Gasteiger partial charge in [-0.2, -0.15) is 0 Å². The van der Waals surface area contributed by atoms with Crippen LogP contribution in [0, 0.1) is 0 Å². The van der Waals surface area contributed by atoms with Gasteiger partial charge in [0.25, 0.3) is 0 Å². The second kappa shape index (κ2) is 6.62. The smallest absolute Gasteiger partial charge is 0.0541 e. The third-order valence-corrected chi connectivity index (χ3v) is 2.91. The molecule has 0 spiro atoms. The van der Waals surface area contributed by atoms with E-state index < -0.39 is 0 Å². The number of halogens is 2. The molecule has 2 heterocycles. The fourth-order valence-electron chi connectivity index (χ4n) is 1.34. The normalized spacial score (nSPS) is 21.4. The summed E-state index contributed by atoms with van der Waals surface area (Å²) in [6.07, 6.45) is 0. The first-order valence-corrected chi connectivity index (χ1v) is 4.82. The highest BCUT2D eigenvalue weighted by Crippen LogP contribution is 2.18. The SMILES string of the molecule is Cl.Cl.c1csc(C2CNCCN2)c1. The van der Waals surface area contributed by atoms with Crippen LogP contribution in [0.25, 0.3) is 0 Å². The van der Waals surface area contributed by atoms with Crippen LogP contribution in [-0.4, -0.2) is 19.6 Å². The third-order valence-electron chi connectivity index (χ3n) is 1.93. The van der Waals surface area contributed by atoms with Crippen molar-refractivity contribution in [2.24, 2.45) is 0 Å². The molecule has 0 aliphatic carbocycles. The second-order valence-corrected chi connectivity index (χ2v) is 3.71. The Kier molecular flexibility index (Phi) is 6.73. The summed E-state index contributed by atoms with van der Waals surface area (Å²) >= 11 is 1.83. The molecule has 76 valence electrons. The number of piperazine rings is 1. The van der Waals surface area contributed by atoms with Gasteiger partial charge in [0.15, 0.2) is 0 Å². The first kappa shape index (κ1) is 13.2. The van der Waals surface area contributed by atoms with E-state index in [2.05, 4.69) is 28.1 Å². The minimum absolute atomic E-state index is 0. The quantitative estimate of drug-likeness (QED) is 0.783. The Morgan fingerprint density at radius 3 is 2.69 bits per heavy atom. The zero-order valence-electron chi connectivity index (χ0n) is 7.16. The minimum Gasteiger partial charge on any atom is -0.314 e. The molecular weight excluding hydrogens is 227 g/mol. The lowest BCUT2D eigenvalue weighted by Crippen LogP contribution is -2.42. The van der Waals surface area contributed by atoms with E-state index >= 15 is 0 Å². The van der Waals surface area contributed by atoms with E-state index in [-0.39, 0.29) is 24.8 Å². The first-order chi connectivity index (χ1) is 5.47. The van der Waals surface area contributed by atoms with E-state index in [1.807, 2.05) is 11.3 Å². The highest BCUT2D eigenvalue weighted by molar-refractivity contribution is 7.10. The molecule has 0 bridgehead atoms.